The van der Waals surface area contributed by atoms with Crippen molar-refractivity contribution < 1.29 is 4.79 Å². The summed E-state index contributed by atoms with van der Waals surface area (Å²) in [7, 11) is 0. The number of rotatable bonds is 4. The molecule has 1 aromatic heterocycles. The maximum Gasteiger partial charge on any atom is 0.276 e. The van der Waals surface area contributed by atoms with Gasteiger partial charge in [-0.15, -0.1) is 0 Å². The van der Waals surface area contributed by atoms with Crippen molar-refractivity contribution in [3.05, 3.63) is 104 Å². The van der Waals surface area contributed by atoms with E-state index in [0.29, 0.717) is 23.0 Å². The van der Waals surface area contributed by atoms with Crippen LogP contribution < -0.4 is 10.9 Å². The van der Waals surface area contributed by atoms with Crippen molar-refractivity contribution >= 4 is 38.3 Å². The lowest BCUT2D eigenvalue weighted by Crippen LogP contribution is -2.28. The van der Waals surface area contributed by atoms with Crippen LogP contribution in [-0.2, 0) is 6.54 Å². The molecular weight excluding hydrogens is 430 g/mol. The van der Waals surface area contributed by atoms with E-state index in [1.807, 2.05) is 55.5 Å². The Hall–Kier alpha value is -3.25. The molecule has 0 saturated carbocycles. The Morgan fingerprint density at radius 1 is 1.00 bits per heavy atom. The Kier molecular flexibility index (Phi) is 5.27. The fraction of sp³-hybridized carbons (Fsp3) is 0.0870. The standard InChI is InChI=1S/C23H18BrN3O2/c1-15-13-17(11-12-20(15)24)25-22(28)21-18-9-5-6-10-19(18)23(29)27(26-21)14-16-7-3-2-4-8-16/h2-13H,14H2,1H3,(H,25,28). The molecule has 1 N–H and O–H groups in total. The first-order valence-electron chi connectivity index (χ1n) is 9.14. The summed E-state index contributed by atoms with van der Waals surface area (Å²) in [4.78, 5) is 26.0. The number of hydrogen-bond donors (Lipinski definition) is 1. The van der Waals surface area contributed by atoms with Gasteiger partial charge in [0.05, 0.1) is 11.9 Å². The summed E-state index contributed by atoms with van der Waals surface area (Å²) >= 11 is 3.46. The molecule has 0 bridgehead atoms. The summed E-state index contributed by atoms with van der Waals surface area (Å²) in [5, 5.41) is 8.31. The Labute approximate surface area is 176 Å². The first kappa shape index (κ1) is 19.1. The molecule has 5 nitrogen and oxygen atoms in total. The van der Waals surface area contributed by atoms with Gasteiger partial charge in [0.2, 0.25) is 0 Å². The molecule has 0 saturated heterocycles. The molecule has 4 aromatic rings. The van der Waals surface area contributed by atoms with E-state index in [9.17, 15) is 9.59 Å². The molecule has 6 heteroatoms. The van der Waals surface area contributed by atoms with E-state index < -0.39 is 0 Å². The van der Waals surface area contributed by atoms with Gasteiger partial charge in [-0.3, -0.25) is 9.59 Å². The predicted molar refractivity (Wildman–Crippen MR) is 118 cm³/mol. The van der Waals surface area contributed by atoms with E-state index in [1.165, 1.54) is 4.68 Å². The molecule has 3 aromatic carbocycles. The third-order valence-electron chi connectivity index (χ3n) is 4.67. The quantitative estimate of drug-likeness (QED) is 0.489. The number of fused-ring (bicyclic) bond motifs is 1. The van der Waals surface area contributed by atoms with Crippen molar-refractivity contribution in [1.29, 1.82) is 0 Å². The van der Waals surface area contributed by atoms with Gasteiger partial charge in [0, 0.05) is 15.5 Å². The molecule has 0 radical (unpaired) electrons. The maximum atomic E-state index is 13.0. The number of benzene rings is 3. The lowest BCUT2D eigenvalue weighted by molar-refractivity contribution is 0.102. The van der Waals surface area contributed by atoms with Crippen LogP contribution >= 0.6 is 15.9 Å². The highest BCUT2D eigenvalue weighted by atomic mass is 79.9. The first-order valence-corrected chi connectivity index (χ1v) is 9.93. The van der Waals surface area contributed by atoms with Crippen molar-refractivity contribution in [3.63, 3.8) is 0 Å². The minimum atomic E-state index is -0.357. The van der Waals surface area contributed by atoms with Crippen LogP contribution in [0.15, 0.2) is 82.1 Å². The smallest absolute Gasteiger partial charge is 0.276 e. The van der Waals surface area contributed by atoms with E-state index >= 15 is 0 Å². The number of nitrogens with one attached hydrogen (secondary N) is 1. The molecule has 0 aliphatic heterocycles. The highest BCUT2D eigenvalue weighted by Gasteiger charge is 2.17. The lowest BCUT2D eigenvalue weighted by atomic mass is 10.1. The number of nitrogens with zero attached hydrogens (tertiary/aromatic N) is 2. The van der Waals surface area contributed by atoms with Gasteiger partial charge in [-0.05, 0) is 42.3 Å². The van der Waals surface area contributed by atoms with Gasteiger partial charge in [0.15, 0.2) is 5.69 Å². The zero-order valence-corrected chi connectivity index (χ0v) is 17.3. The van der Waals surface area contributed by atoms with Crippen molar-refractivity contribution in [2.24, 2.45) is 0 Å². The summed E-state index contributed by atoms with van der Waals surface area (Å²) in [5.74, 6) is -0.357. The van der Waals surface area contributed by atoms with E-state index in [1.54, 1.807) is 24.3 Å². The number of hydrogen-bond acceptors (Lipinski definition) is 3. The fourth-order valence-corrected chi connectivity index (χ4v) is 3.43. The third-order valence-corrected chi connectivity index (χ3v) is 5.56. The lowest BCUT2D eigenvalue weighted by Gasteiger charge is -2.12. The molecule has 0 spiro atoms. The van der Waals surface area contributed by atoms with Crippen molar-refractivity contribution in [2.75, 3.05) is 5.32 Å². The first-order chi connectivity index (χ1) is 14.0. The Bertz CT molecular complexity index is 1270. The van der Waals surface area contributed by atoms with E-state index in [-0.39, 0.29) is 17.2 Å². The summed E-state index contributed by atoms with van der Waals surface area (Å²) in [6.45, 7) is 2.25. The zero-order chi connectivity index (χ0) is 20.4. The second kappa shape index (κ2) is 8.01. The van der Waals surface area contributed by atoms with Gasteiger partial charge in [0.1, 0.15) is 0 Å². The molecule has 0 atom stereocenters. The van der Waals surface area contributed by atoms with Gasteiger partial charge in [-0.1, -0.05) is 64.5 Å². The topological polar surface area (TPSA) is 64.0 Å². The van der Waals surface area contributed by atoms with Crippen molar-refractivity contribution in [3.8, 4) is 0 Å². The van der Waals surface area contributed by atoms with Crippen LogP contribution in [0.4, 0.5) is 5.69 Å². The molecule has 0 aliphatic carbocycles. The van der Waals surface area contributed by atoms with Crippen LogP contribution in [0.1, 0.15) is 21.6 Å². The SMILES string of the molecule is Cc1cc(NC(=O)c2nn(Cc3ccccc3)c(=O)c3ccccc23)ccc1Br. The summed E-state index contributed by atoms with van der Waals surface area (Å²) < 4.78 is 2.31. The van der Waals surface area contributed by atoms with Crippen LogP contribution in [0.25, 0.3) is 10.8 Å². The summed E-state index contributed by atoms with van der Waals surface area (Å²) in [5.41, 5.74) is 2.61. The number of halogens is 1. The molecule has 0 aliphatic rings. The third kappa shape index (κ3) is 3.98. The predicted octanol–water partition coefficient (Wildman–Crippen LogP) is 4.77. The van der Waals surface area contributed by atoms with Crippen LogP contribution in [-0.4, -0.2) is 15.7 Å². The van der Waals surface area contributed by atoms with Crippen molar-refractivity contribution in [2.45, 2.75) is 13.5 Å². The zero-order valence-electron chi connectivity index (χ0n) is 15.7. The molecule has 0 fully saturated rings. The largest absolute Gasteiger partial charge is 0.321 e. The van der Waals surface area contributed by atoms with Gasteiger partial charge < -0.3 is 5.32 Å². The number of amides is 1. The molecular formula is C23H18BrN3O2. The fourth-order valence-electron chi connectivity index (χ4n) is 3.18. The Balaban J connectivity index is 1.78. The molecule has 1 heterocycles. The number of aryl methyl sites for hydroxylation is 1. The van der Waals surface area contributed by atoms with Gasteiger partial charge in [0.25, 0.3) is 11.5 Å². The minimum Gasteiger partial charge on any atom is -0.321 e. The number of aromatic nitrogens is 2. The monoisotopic (exact) mass is 447 g/mol. The molecule has 29 heavy (non-hydrogen) atoms. The van der Waals surface area contributed by atoms with E-state index in [2.05, 4.69) is 26.3 Å². The summed E-state index contributed by atoms with van der Waals surface area (Å²) in [6.07, 6.45) is 0. The van der Waals surface area contributed by atoms with Crippen molar-refractivity contribution in [1.82, 2.24) is 9.78 Å². The second-order valence-electron chi connectivity index (χ2n) is 6.76. The molecule has 4 rings (SSSR count). The van der Waals surface area contributed by atoms with E-state index in [0.717, 1.165) is 15.6 Å². The number of anilines is 1. The molecule has 144 valence electrons. The van der Waals surface area contributed by atoms with Gasteiger partial charge in [-0.2, -0.15) is 5.10 Å². The highest BCUT2D eigenvalue weighted by Crippen LogP contribution is 2.21. The number of carbonyl (C=O) groups excluding carboxylic acids is 1. The average Bonchev–Trinajstić information content (AvgIpc) is 2.73. The molecule has 1 amide bonds. The maximum absolute atomic E-state index is 13.0. The minimum absolute atomic E-state index is 0.219. The van der Waals surface area contributed by atoms with Gasteiger partial charge in [-0.25, -0.2) is 4.68 Å². The van der Waals surface area contributed by atoms with Crippen LogP contribution in [0.2, 0.25) is 0 Å². The van der Waals surface area contributed by atoms with Crippen LogP contribution in [0, 0.1) is 6.92 Å². The normalized spacial score (nSPS) is 10.8. The second-order valence-corrected chi connectivity index (χ2v) is 7.62. The van der Waals surface area contributed by atoms with Gasteiger partial charge >= 0.3 is 0 Å². The van der Waals surface area contributed by atoms with Crippen LogP contribution in [0.5, 0.6) is 0 Å². The highest BCUT2D eigenvalue weighted by molar-refractivity contribution is 9.10. The molecule has 0 unspecified atom stereocenters. The van der Waals surface area contributed by atoms with Crippen LogP contribution in [0.3, 0.4) is 0 Å². The Morgan fingerprint density at radius 2 is 1.69 bits per heavy atom. The van der Waals surface area contributed by atoms with E-state index in [4.69, 9.17) is 0 Å². The average molecular weight is 448 g/mol. The Morgan fingerprint density at radius 3 is 2.41 bits per heavy atom. The number of carbonyl (C=O) groups is 1. The summed E-state index contributed by atoms with van der Waals surface area (Å²) in [6, 6.07) is 22.2.